The molecule has 24 heavy (non-hydrogen) atoms. The zero-order valence-electron chi connectivity index (χ0n) is 14.1. The molecule has 1 amide bonds. The van der Waals surface area contributed by atoms with Crippen molar-refractivity contribution >= 4 is 11.8 Å². The van der Waals surface area contributed by atoms with Crippen molar-refractivity contribution in [3.63, 3.8) is 0 Å². The Morgan fingerprint density at radius 3 is 2.67 bits per heavy atom. The predicted octanol–water partition coefficient (Wildman–Crippen LogP) is 3.89. The van der Waals surface area contributed by atoms with Crippen LogP contribution < -0.4 is 10.2 Å². The molecular formula is C20H24N2O2. The molecule has 4 nitrogen and oxygen atoms in total. The SMILES string of the molecule is Cc1ccc(N2CCCC(NC(=O)OCc3ccccc3)C2)cc1. The number of nitrogens with one attached hydrogen (secondary N) is 1. The fraction of sp³-hybridized carbons (Fsp3) is 0.350. The zero-order chi connectivity index (χ0) is 16.8. The monoisotopic (exact) mass is 324 g/mol. The third kappa shape index (κ3) is 4.51. The number of aryl methyl sites for hydroxylation is 1. The average Bonchev–Trinajstić information content (AvgIpc) is 2.62. The van der Waals surface area contributed by atoms with E-state index in [-0.39, 0.29) is 12.1 Å². The summed E-state index contributed by atoms with van der Waals surface area (Å²) in [5, 5.41) is 3.00. The lowest BCUT2D eigenvalue weighted by Crippen LogP contribution is -2.47. The van der Waals surface area contributed by atoms with Gasteiger partial charge in [0.15, 0.2) is 0 Å². The largest absolute Gasteiger partial charge is 0.445 e. The zero-order valence-corrected chi connectivity index (χ0v) is 14.1. The molecule has 1 saturated heterocycles. The van der Waals surface area contributed by atoms with Crippen molar-refractivity contribution in [1.29, 1.82) is 0 Å². The van der Waals surface area contributed by atoms with E-state index in [1.165, 1.54) is 11.3 Å². The van der Waals surface area contributed by atoms with E-state index in [2.05, 4.69) is 41.4 Å². The third-order valence-electron chi connectivity index (χ3n) is 4.36. The summed E-state index contributed by atoms with van der Waals surface area (Å²) in [4.78, 5) is 14.3. The van der Waals surface area contributed by atoms with Crippen molar-refractivity contribution in [2.45, 2.75) is 32.4 Å². The summed E-state index contributed by atoms with van der Waals surface area (Å²) in [7, 11) is 0. The van der Waals surface area contributed by atoms with Crippen LogP contribution in [0.2, 0.25) is 0 Å². The van der Waals surface area contributed by atoms with Gasteiger partial charge < -0.3 is 15.0 Å². The van der Waals surface area contributed by atoms with Crippen LogP contribution in [0.5, 0.6) is 0 Å². The highest BCUT2D eigenvalue weighted by molar-refractivity contribution is 5.67. The first-order chi connectivity index (χ1) is 11.7. The molecule has 2 aromatic carbocycles. The second-order valence-electron chi connectivity index (χ2n) is 6.33. The Hall–Kier alpha value is -2.49. The molecule has 0 spiro atoms. The normalized spacial score (nSPS) is 17.4. The highest BCUT2D eigenvalue weighted by Crippen LogP contribution is 2.20. The highest BCUT2D eigenvalue weighted by Gasteiger charge is 2.22. The van der Waals surface area contributed by atoms with Gasteiger partial charge >= 0.3 is 6.09 Å². The second kappa shape index (κ2) is 7.86. The fourth-order valence-corrected chi connectivity index (χ4v) is 3.02. The molecule has 0 bridgehead atoms. The fourth-order valence-electron chi connectivity index (χ4n) is 3.02. The standard InChI is InChI=1S/C20H24N2O2/c1-16-9-11-19(12-10-16)22-13-5-8-18(14-22)21-20(23)24-15-17-6-3-2-4-7-17/h2-4,6-7,9-12,18H,5,8,13-15H2,1H3,(H,21,23). The maximum Gasteiger partial charge on any atom is 0.407 e. The van der Waals surface area contributed by atoms with Gasteiger partial charge in [-0.25, -0.2) is 4.79 Å². The second-order valence-corrected chi connectivity index (χ2v) is 6.33. The minimum absolute atomic E-state index is 0.128. The molecule has 1 unspecified atom stereocenters. The van der Waals surface area contributed by atoms with Gasteiger partial charge in [0.05, 0.1) is 0 Å². The van der Waals surface area contributed by atoms with Crippen LogP contribution in [0.4, 0.5) is 10.5 Å². The maximum atomic E-state index is 12.0. The number of rotatable bonds is 4. The first-order valence-corrected chi connectivity index (χ1v) is 8.49. The maximum absolute atomic E-state index is 12.0. The first-order valence-electron chi connectivity index (χ1n) is 8.49. The Kier molecular flexibility index (Phi) is 5.36. The van der Waals surface area contributed by atoms with Crippen molar-refractivity contribution in [1.82, 2.24) is 5.32 Å². The molecule has 1 fully saturated rings. The van der Waals surface area contributed by atoms with Crippen LogP contribution in [0.1, 0.15) is 24.0 Å². The Bertz CT molecular complexity index is 655. The Morgan fingerprint density at radius 1 is 1.17 bits per heavy atom. The molecule has 0 saturated carbocycles. The minimum atomic E-state index is -0.338. The van der Waals surface area contributed by atoms with Crippen LogP contribution >= 0.6 is 0 Å². The van der Waals surface area contributed by atoms with Gasteiger partial charge in [0.1, 0.15) is 6.61 Å². The molecule has 0 radical (unpaired) electrons. The number of ether oxygens (including phenoxy) is 1. The number of carbonyl (C=O) groups is 1. The smallest absolute Gasteiger partial charge is 0.407 e. The number of piperidine rings is 1. The average molecular weight is 324 g/mol. The number of alkyl carbamates (subject to hydrolysis) is 1. The van der Waals surface area contributed by atoms with Crippen molar-refractivity contribution in [3.8, 4) is 0 Å². The summed E-state index contributed by atoms with van der Waals surface area (Å²) in [6.07, 6.45) is 1.72. The molecule has 1 atom stereocenters. The summed E-state index contributed by atoms with van der Waals surface area (Å²) in [5.74, 6) is 0. The highest BCUT2D eigenvalue weighted by atomic mass is 16.5. The van der Waals surface area contributed by atoms with E-state index < -0.39 is 0 Å². The summed E-state index contributed by atoms with van der Waals surface area (Å²) >= 11 is 0. The molecule has 3 rings (SSSR count). The Balaban J connectivity index is 1.49. The third-order valence-corrected chi connectivity index (χ3v) is 4.36. The van der Waals surface area contributed by atoms with Crippen LogP contribution in [0.25, 0.3) is 0 Å². The quantitative estimate of drug-likeness (QED) is 0.927. The number of hydrogen-bond acceptors (Lipinski definition) is 3. The number of benzene rings is 2. The number of carbonyl (C=O) groups excluding carboxylic acids is 1. The van der Waals surface area contributed by atoms with Crippen molar-refractivity contribution in [3.05, 3.63) is 65.7 Å². The lowest BCUT2D eigenvalue weighted by molar-refractivity contribution is 0.134. The van der Waals surface area contributed by atoms with E-state index in [1.54, 1.807) is 0 Å². The molecule has 0 aromatic heterocycles. The summed E-state index contributed by atoms with van der Waals surface area (Å²) in [5.41, 5.74) is 3.47. The van der Waals surface area contributed by atoms with E-state index in [1.807, 2.05) is 30.3 Å². The molecule has 1 heterocycles. The lowest BCUT2D eigenvalue weighted by atomic mass is 10.0. The Labute approximate surface area is 143 Å². The van der Waals surface area contributed by atoms with Crippen LogP contribution in [0.15, 0.2) is 54.6 Å². The van der Waals surface area contributed by atoms with Crippen LogP contribution in [0.3, 0.4) is 0 Å². The molecule has 1 N–H and O–H groups in total. The molecule has 0 aliphatic carbocycles. The summed E-state index contributed by atoms with van der Waals surface area (Å²) < 4.78 is 5.32. The van der Waals surface area contributed by atoms with Gasteiger partial charge in [0, 0.05) is 24.8 Å². The van der Waals surface area contributed by atoms with E-state index in [0.717, 1.165) is 31.5 Å². The predicted molar refractivity (Wildman–Crippen MR) is 96.2 cm³/mol. The molecule has 1 aliphatic heterocycles. The van der Waals surface area contributed by atoms with Gasteiger partial charge in [0.25, 0.3) is 0 Å². The number of nitrogens with zero attached hydrogens (tertiary/aromatic N) is 1. The van der Waals surface area contributed by atoms with Crippen LogP contribution in [-0.2, 0) is 11.3 Å². The molecule has 2 aromatic rings. The van der Waals surface area contributed by atoms with Crippen molar-refractivity contribution in [2.24, 2.45) is 0 Å². The van der Waals surface area contributed by atoms with E-state index in [4.69, 9.17) is 4.74 Å². The van der Waals surface area contributed by atoms with Crippen LogP contribution in [0, 0.1) is 6.92 Å². The molecule has 126 valence electrons. The van der Waals surface area contributed by atoms with E-state index >= 15 is 0 Å². The van der Waals surface area contributed by atoms with Crippen molar-refractivity contribution in [2.75, 3.05) is 18.0 Å². The van der Waals surface area contributed by atoms with Crippen molar-refractivity contribution < 1.29 is 9.53 Å². The van der Waals surface area contributed by atoms with E-state index in [9.17, 15) is 4.79 Å². The molecular weight excluding hydrogens is 300 g/mol. The van der Waals surface area contributed by atoms with Crippen LogP contribution in [-0.4, -0.2) is 25.2 Å². The van der Waals surface area contributed by atoms with Gasteiger partial charge in [-0.2, -0.15) is 0 Å². The number of hydrogen-bond donors (Lipinski definition) is 1. The van der Waals surface area contributed by atoms with Gasteiger partial charge in [-0.05, 0) is 37.5 Å². The first kappa shape index (κ1) is 16.4. The molecule has 4 heteroatoms. The summed E-state index contributed by atoms with van der Waals surface area (Å²) in [6.45, 7) is 4.25. The van der Waals surface area contributed by atoms with Gasteiger partial charge in [0.2, 0.25) is 0 Å². The Morgan fingerprint density at radius 2 is 1.92 bits per heavy atom. The van der Waals surface area contributed by atoms with E-state index in [0.29, 0.717) is 6.61 Å². The van der Waals surface area contributed by atoms with Gasteiger partial charge in [-0.15, -0.1) is 0 Å². The van der Waals surface area contributed by atoms with Gasteiger partial charge in [-0.1, -0.05) is 48.0 Å². The lowest BCUT2D eigenvalue weighted by Gasteiger charge is -2.34. The number of amides is 1. The summed E-state index contributed by atoms with van der Waals surface area (Å²) in [6, 6.07) is 18.4. The minimum Gasteiger partial charge on any atom is -0.445 e. The van der Waals surface area contributed by atoms with Gasteiger partial charge in [-0.3, -0.25) is 0 Å². The molecule has 1 aliphatic rings. The number of anilines is 1. The topological polar surface area (TPSA) is 41.6 Å².